The van der Waals surface area contributed by atoms with E-state index >= 15 is 0 Å². The summed E-state index contributed by atoms with van der Waals surface area (Å²) >= 11 is 0. The molecule has 16 heavy (non-hydrogen) atoms. The van der Waals surface area contributed by atoms with Gasteiger partial charge in [0.15, 0.2) is 0 Å². The number of rotatable bonds is 2. The topological polar surface area (TPSA) is 46.3 Å². The van der Waals surface area contributed by atoms with Gasteiger partial charge in [-0.3, -0.25) is 4.79 Å². The minimum atomic E-state index is -0.372. The van der Waals surface area contributed by atoms with Crippen molar-refractivity contribution in [3.05, 3.63) is 0 Å². The van der Waals surface area contributed by atoms with Gasteiger partial charge in [0.05, 0.1) is 6.04 Å². The first kappa shape index (κ1) is 13.5. The smallest absolute Gasteiger partial charge is 0.240 e. The third-order valence-electron chi connectivity index (χ3n) is 3.61. The molecule has 2 atom stereocenters. The van der Waals surface area contributed by atoms with Crippen LogP contribution in [0.3, 0.4) is 0 Å². The lowest BCUT2D eigenvalue weighted by Crippen LogP contribution is -2.52. The van der Waals surface area contributed by atoms with E-state index in [1.54, 1.807) is 0 Å². The molecule has 1 fully saturated rings. The van der Waals surface area contributed by atoms with Crippen molar-refractivity contribution in [2.75, 3.05) is 13.1 Å². The molecule has 0 saturated carbocycles. The predicted octanol–water partition coefficient (Wildman–Crippen LogP) is 2.01. The summed E-state index contributed by atoms with van der Waals surface area (Å²) in [5, 5.41) is 0. The molecule has 2 N–H and O–H groups in total. The maximum absolute atomic E-state index is 12.2. The van der Waals surface area contributed by atoms with Gasteiger partial charge in [-0.25, -0.2) is 0 Å². The average Bonchev–Trinajstić information content (AvgIpc) is 2.26. The Labute approximate surface area is 99.4 Å². The van der Waals surface area contributed by atoms with Crippen molar-refractivity contribution in [2.24, 2.45) is 17.1 Å². The van der Waals surface area contributed by atoms with Gasteiger partial charge >= 0.3 is 0 Å². The van der Waals surface area contributed by atoms with E-state index < -0.39 is 0 Å². The number of hydrogen-bond acceptors (Lipinski definition) is 2. The Bertz CT molecular complexity index is 245. The molecule has 1 aliphatic heterocycles. The Balaban J connectivity index is 2.60. The fraction of sp³-hybridized carbons (Fsp3) is 0.923. The highest BCUT2D eigenvalue weighted by molar-refractivity contribution is 5.82. The molecular weight excluding hydrogens is 200 g/mol. The summed E-state index contributed by atoms with van der Waals surface area (Å²) in [4.78, 5) is 14.2. The Hall–Kier alpha value is -0.570. The average molecular weight is 226 g/mol. The molecule has 94 valence electrons. The fourth-order valence-electron chi connectivity index (χ4n) is 2.17. The van der Waals surface area contributed by atoms with Gasteiger partial charge in [0.25, 0.3) is 0 Å². The molecule has 1 aliphatic rings. The molecule has 1 heterocycles. The molecule has 3 heteroatoms. The Kier molecular flexibility index (Phi) is 4.36. The van der Waals surface area contributed by atoms with E-state index in [0.717, 1.165) is 25.9 Å². The summed E-state index contributed by atoms with van der Waals surface area (Å²) in [6.07, 6.45) is 3.54. The van der Waals surface area contributed by atoms with Crippen molar-refractivity contribution in [3.63, 3.8) is 0 Å². The summed E-state index contributed by atoms with van der Waals surface area (Å²) in [6, 6.07) is -0.372. The van der Waals surface area contributed by atoms with Crippen LogP contribution in [0, 0.1) is 11.3 Å². The molecule has 0 aliphatic carbocycles. The van der Waals surface area contributed by atoms with Crippen molar-refractivity contribution in [1.29, 1.82) is 0 Å². The number of amides is 1. The fourth-order valence-corrected chi connectivity index (χ4v) is 2.17. The number of nitrogens with zero attached hydrogens (tertiary/aromatic N) is 1. The molecule has 1 rings (SSSR count). The van der Waals surface area contributed by atoms with E-state index in [4.69, 9.17) is 5.73 Å². The quantitative estimate of drug-likeness (QED) is 0.783. The maximum atomic E-state index is 12.2. The number of carbonyl (C=O) groups excluding carboxylic acids is 1. The largest absolute Gasteiger partial charge is 0.341 e. The maximum Gasteiger partial charge on any atom is 0.240 e. The van der Waals surface area contributed by atoms with Crippen LogP contribution in [0.4, 0.5) is 0 Å². The third kappa shape index (κ3) is 3.21. The number of hydrogen-bond donors (Lipinski definition) is 1. The second-order valence-electron chi connectivity index (χ2n) is 6.04. The van der Waals surface area contributed by atoms with E-state index in [0.29, 0.717) is 5.92 Å². The zero-order chi connectivity index (χ0) is 12.3. The zero-order valence-electron chi connectivity index (χ0n) is 11.1. The van der Waals surface area contributed by atoms with Crippen LogP contribution in [-0.4, -0.2) is 29.9 Å². The van der Waals surface area contributed by atoms with E-state index in [-0.39, 0.29) is 17.4 Å². The summed E-state index contributed by atoms with van der Waals surface area (Å²) in [5.41, 5.74) is 5.88. The van der Waals surface area contributed by atoms with Gasteiger partial charge in [0.2, 0.25) is 5.91 Å². The monoisotopic (exact) mass is 226 g/mol. The van der Waals surface area contributed by atoms with Crippen LogP contribution < -0.4 is 5.73 Å². The molecule has 0 aromatic carbocycles. The molecule has 3 nitrogen and oxygen atoms in total. The van der Waals surface area contributed by atoms with Crippen molar-refractivity contribution in [2.45, 2.75) is 53.0 Å². The van der Waals surface area contributed by atoms with Crippen molar-refractivity contribution in [1.82, 2.24) is 4.90 Å². The van der Waals surface area contributed by atoms with E-state index in [1.807, 2.05) is 25.7 Å². The van der Waals surface area contributed by atoms with Crippen LogP contribution in [0.2, 0.25) is 0 Å². The zero-order valence-corrected chi connectivity index (χ0v) is 11.1. The van der Waals surface area contributed by atoms with Crippen LogP contribution >= 0.6 is 0 Å². The second-order valence-corrected chi connectivity index (χ2v) is 6.04. The van der Waals surface area contributed by atoms with Crippen LogP contribution in [0.1, 0.15) is 47.0 Å². The number of piperidine rings is 1. The van der Waals surface area contributed by atoms with Crippen LogP contribution in [0.5, 0.6) is 0 Å². The van der Waals surface area contributed by atoms with E-state index in [2.05, 4.69) is 6.92 Å². The number of likely N-dealkylation sites (tertiary alicyclic amines) is 1. The summed E-state index contributed by atoms with van der Waals surface area (Å²) in [6.45, 7) is 10.1. The lowest BCUT2D eigenvalue weighted by Gasteiger charge is -2.37. The van der Waals surface area contributed by atoms with E-state index in [1.165, 1.54) is 6.42 Å². The van der Waals surface area contributed by atoms with E-state index in [9.17, 15) is 4.79 Å². The molecule has 0 aromatic heterocycles. The van der Waals surface area contributed by atoms with Crippen LogP contribution in [0.15, 0.2) is 0 Å². The Morgan fingerprint density at radius 3 is 2.62 bits per heavy atom. The van der Waals surface area contributed by atoms with Gasteiger partial charge < -0.3 is 10.6 Å². The standard InChI is InChI=1S/C13H26N2O/c1-5-10-7-6-8-15(9-10)12(16)11(14)13(2,3)4/h10-11H,5-9,14H2,1-4H3/t10?,11-/m0/s1. The molecule has 1 unspecified atom stereocenters. The highest BCUT2D eigenvalue weighted by atomic mass is 16.2. The molecular formula is C13H26N2O. The first-order valence-corrected chi connectivity index (χ1v) is 6.40. The second kappa shape index (κ2) is 5.17. The third-order valence-corrected chi connectivity index (χ3v) is 3.61. The molecule has 0 spiro atoms. The van der Waals surface area contributed by atoms with Gasteiger partial charge in [-0.05, 0) is 24.2 Å². The first-order valence-electron chi connectivity index (χ1n) is 6.40. The SMILES string of the molecule is CCC1CCCN(C(=O)[C@H](N)C(C)(C)C)C1. The predicted molar refractivity (Wildman–Crippen MR) is 67.0 cm³/mol. The van der Waals surface area contributed by atoms with Crippen LogP contribution in [-0.2, 0) is 4.79 Å². The van der Waals surface area contributed by atoms with Gasteiger partial charge in [-0.1, -0.05) is 34.1 Å². The van der Waals surface area contributed by atoms with Crippen molar-refractivity contribution in [3.8, 4) is 0 Å². The van der Waals surface area contributed by atoms with Crippen LogP contribution in [0.25, 0.3) is 0 Å². The summed E-state index contributed by atoms with van der Waals surface area (Å²) in [7, 11) is 0. The first-order chi connectivity index (χ1) is 7.36. The van der Waals surface area contributed by atoms with Crippen molar-refractivity contribution < 1.29 is 4.79 Å². The lowest BCUT2D eigenvalue weighted by atomic mass is 9.85. The lowest BCUT2D eigenvalue weighted by molar-refractivity contribution is -0.136. The van der Waals surface area contributed by atoms with Gasteiger partial charge in [0, 0.05) is 13.1 Å². The molecule has 0 bridgehead atoms. The van der Waals surface area contributed by atoms with Crippen molar-refractivity contribution >= 4 is 5.91 Å². The minimum Gasteiger partial charge on any atom is -0.341 e. The molecule has 0 aromatic rings. The Morgan fingerprint density at radius 1 is 1.50 bits per heavy atom. The number of carbonyl (C=O) groups is 1. The summed E-state index contributed by atoms with van der Waals surface area (Å²) in [5.74, 6) is 0.801. The Morgan fingerprint density at radius 2 is 2.12 bits per heavy atom. The summed E-state index contributed by atoms with van der Waals surface area (Å²) < 4.78 is 0. The molecule has 1 amide bonds. The molecule has 0 radical (unpaired) electrons. The molecule has 1 saturated heterocycles. The highest BCUT2D eigenvalue weighted by Crippen LogP contribution is 2.23. The normalized spacial score (nSPS) is 24.3. The van der Waals surface area contributed by atoms with Gasteiger partial charge in [-0.2, -0.15) is 0 Å². The van der Waals surface area contributed by atoms with Gasteiger partial charge in [-0.15, -0.1) is 0 Å². The minimum absolute atomic E-state index is 0.130. The number of nitrogens with two attached hydrogens (primary N) is 1. The van der Waals surface area contributed by atoms with Gasteiger partial charge in [0.1, 0.15) is 0 Å². The highest BCUT2D eigenvalue weighted by Gasteiger charge is 2.32.